The lowest BCUT2D eigenvalue weighted by atomic mass is 10.1. The van der Waals surface area contributed by atoms with Crippen LogP contribution in [0.3, 0.4) is 0 Å². The smallest absolute Gasteiger partial charge is 0.252 e. The zero-order valence-electron chi connectivity index (χ0n) is 15.8. The molecule has 1 aromatic heterocycles. The highest BCUT2D eigenvalue weighted by Crippen LogP contribution is 2.28. The van der Waals surface area contributed by atoms with Gasteiger partial charge >= 0.3 is 0 Å². The van der Waals surface area contributed by atoms with Crippen LogP contribution in [-0.2, 0) is 9.59 Å². The minimum absolute atomic E-state index is 0.0126. The molecule has 2 atom stereocenters. The summed E-state index contributed by atoms with van der Waals surface area (Å²) in [5.74, 6) is -0.776. The fourth-order valence-electron chi connectivity index (χ4n) is 3.30. The van der Waals surface area contributed by atoms with Gasteiger partial charge in [-0.15, -0.1) is 0 Å². The number of nitrogens with zero attached hydrogens (tertiary/aromatic N) is 2. The Morgan fingerprint density at radius 3 is 2.61 bits per heavy atom. The van der Waals surface area contributed by atoms with Crippen molar-refractivity contribution in [2.24, 2.45) is 5.92 Å². The third-order valence-electron chi connectivity index (χ3n) is 4.91. The number of likely N-dealkylation sites (tertiary alicyclic amines) is 1. The van der Waals surface area contributed by atoms with Crippen LogP contribution in [0, 0.1) is 5.92 Å². The predicted octanol–water partition coefficient (Wildman–Crippen LogP) is 1.54. The van der Waals surface area contributed by atoms with Crippen molar-refractivity contribution in [3.05, 3.63) is 66.0 Å². The molecule has 7 heteroatoms. The van der Waals surface area contributed by atoms with E-state index < -0.39 is 0 Å². The Morgan fingerprint density at radius 2 is 1.89 bits per heavy atom. The van der Waals surface area contributed by atoms with E-state index in [-0.39, 0.29) is 36.1 Å². The van der Waals surface area contributed by atoms with Gasteiger partial charge < -0.3 is 15.5 Å². The van der Waals surface area contributed by atoms with Crippen molar-refractivity contribution in [3.63, 3.8) is 0 Å². The fraction of sp³-hybridized carbons (Fsp3) is 0.333. The summed E-state index contributed by atoms with van der Waals surface area (Å²) in [6.45, 7) is 3.00. The number of carbonyl (C=O) groups excluding carboxylic acids is 3. The summed E-state index contributed by atoms with van der Waals surface area (Å²) >= 11 is 0. The van der Waals surface area contributed by atoms with Crippen LogP contribution in [0.25, 0.3) is 0 Å². The molecule has 1 fully saturated rings. The molecule has 2 heterocycles. The summed E-state index contributed by atoms with van der Waals surface area (Å²) in [5.41, 5.74) is 1.52. The van der Waals surface area contributed by atoms with E-state index in [4.69, 9.17) is 0 Å². The minimum Gasteiger partial charge on any atom is -0.354 e. The third-order valence-corrected chi connectivity index (χ3v) is 4.91. The molecule has 0 saturated carbocycles. The van der Waals surface area contributed by atoms with Gasteiger partial charge in [0.1, 0.15) is 0 Å². The molecule has 0 spiro atoms. The highest BCUT2D eigenvalue weighted by atomic mass is 16.2. The Labute approximate surface area is 164 Å². The number of aromatic nitrogens is 1. The van der Waals surface area contributed by atoms with Crippen molar-refractivity contribution < 1.29 is 14.4 Å². The topological polar surface area (TPSA) is 91.4 Å². The van der Waals surface area contributed by atoms with Crippen LogP contribution < -0.4 is 10.6 Å². The van der Waals surface area contributed by atoms with Gasteiger partial charge in [-0.05, 0) is 24.6 Å². The molecule has 7 nitrogen and oxygen atoms in total. The number of hydrogen-bond donors (Lipinski definition) is 2. The summed E-state index contributed by atoms with van der Waals surface area (Å²) in [7, 11) is 0. The second kappa shape index (κ2) is 9.12. The maximum absolute atomic E-state index is 12.4. The maximum Gasteiger partial charge on any atom is 0.252 e. The van der Waals surface area contributed by atoms with Crippen molar-refractivity contribution in [2.75, 3.05) is 19.6 Å². The first-order chi connectivity index (χ1) is 13.6. The Morgan fingerprint density at radius 1 is 1.14 bits per heavy atom. The van der Waals surface area contributed by atoms with E-state index in [0.717, 1.165) is 5.56 Å². The van der Waals surface area contributed by atoms with Crippen molar-refractivity contribution in [1.29, 1.82) is 0 Å². The average Bonchev–Trinajstić information content (AvgIpc) is 3.13. The SMILES string of the molecule is CC(c1ccccc1)N1CC(C(=O)NCCNC(=O)c2cccnc2)CC1=O. The maximum atomic E-state index is 12.4. The van der Waals surface area contributed by atoms with Crippen LogP contribution in [0.1, 0.15) is 35.3 Å². The van der Waals surface area contributed by atoms with Crippen LogP contribution >= 0.6 is 0 Å². The Kier molecular flexibility index (Phi) is 6.37. The van der Waals surface area contributed by atoms with Gasteiger partial charge in [0, 0.05) is 38.4 Å². The molecule has 2 unspecified atom stereocenters. The highest BCUT2D eigenvalue weighted by Gasteiger charge is 2.36. The number of benzene rings is 1. The molecule has 3 rings (SSSR count). The molecule has 1 saturated heterocycles. The molecular formula is C21H24N4O3. The molecule has 1 aliphatic heterocycles. The summed E-state index contributed by atoms with van der Waals surface area (Å²) in [6.07, 6.45) is 3.30. The van der Waals surface area contributed by atoms with Gasteiger partial charge in [-0.25, -0.2) is 0 Å². The third kappa shape index (κ3) is 4.73. The molecule has 1 aromatic carbocycles. The number of carbonyl (C=O) groups is 3. The van der Waals surface area contributed by atoms with E-state index in [1.165, 1.54) is 6.20 Å². The standard InChI is InChI=1S/C21H24N4O3/c1-15(16-6-3-2-4-7-16)25-14-18(12-19(25)26)21(28)24-11-10-23-20(27)17-8-5-9-22-13-17/h2-9,13,15,18H,10-12,14H2,1H3,(H,23,27)(H,24,28). The number of hydrogen-bond acceptors (Lipinski definition) is 4. The van der Waals surface area contributed by atoms with Gasteiger partial charge in [0.25, 0.3) is 5.91 Å². The molecule has 2 N–H and O–H groups in total. The van der Waals surface area contributed by atoms with Gasteiger partial charge in [-0.3, -0.25) is 19.4 Å². The molecule has 0 radical (unpaired) electrons. The van der Waals surface area contributed by atoms with Gasteiger partial charge in [0.05, 0.1) is 17.5 Å². The van der Waals surface area contributed by atoms with E-state index in [9.17, 15) is 14.4 Å². The molecule has 3 amide bonds. The monoisotopic (exact) mass is 380 g/mol. The number of pyridine rings is 1. The normalized spacial score (nSPS) is 17.2. The van der Waals surface area contributed by atoms with Gasteiger partial charge in [-0.2, -0.15) is 0 Å². The summed E-state index contributed by atoms with van der Waals surface area (Å²) in [5, 5.41) is 5.53. The van der Waals surface area contributed by atoms with Gasteiger partial charge in [0.15, 0.2) is 0 Å². The Balaban J connectivity index is 1.44. The summed E-state index contributed by atoms with van der Waals surface area (Å²) in [4.78, 5) is 42.3. The van der Waals surface area contributed by atoms with Crippen molar-refractivity contribution >= 4 is 17.7 Å². The van der Waals surface area contributed by atoms with Gasteiger partial charge in [0.2, 0.25) is 11.8 Å². The van der Waals surface area contributed by atoms with E-state index in [1.807, 2.05) is 37.3 Å². The largest absolute Gasteiger partial charge is 0.354 e. The number of rotatable bonds is 7. The van der Waals surface area contributed by atoms with Gasteiger partial charge in [-0.1, -0.05) is 30.3 Å². The van der Waals surface area contributed by atoms with Crippen LogP contribution in [0.5, 0.6) is 0 Å². The molecular weight excluding hydrogens is 356 g/mol. The van der Waals surface area contributed by atoms with Crippen LogP contribution in [-0.4, -0.2) is 47.2 Å². The molecule has 2 aromatic rings. The van der Waals surface area contributed by atoms with E-state index in [0.29, 0.717) is 25.2 Å². The van der Waals surface area contributed by atoms with Crippen molar-refractivity contribution in [2.45, 2.75) is 19.4 Å². The Hall–Kier alpha value is -3.22. The minimum atomic E-state index is -0.368. The van der Waals surface area contributed by atoms with E-state index in [1.54, 1.807) is 23.2 Å². The zero-order valence-corrected chi connectivity index (χ0v) is 15.8. The van der Waals surface area contributed by atoms with Crippen LogP contribution in [0.4, 0.5) is 0 Å². The summed E-state index contributed by atoms with van der Waals surface area (Å²) in [6, 6.07) is 13.1. The Bertz CT molecular complexity index is 826. The molecule has 146 valence electrons. The molecule has 28 heavy (non-hydrogen) atoms. The zero-order chi connectivity index (χ0) is 19.9. The number of amides is 3. The first-order valence-corrected chi connectivity index (χ1v) is 9.36. The second-order valence-corrected chi connectivity index (χ2v) is 6.82. The van der Waals surface area contributed by atoms with Crippen LogP contribution in [0.15, 0.2) is 54.9 Å². The van der Waals surface area contributed by atoms with E-state index >= 15 is 0 Å². The quantitative estimate of drug-likeness (QED) is 0.713. The highest BCUT2D eigenvalue weighted by molar-refractivity contribution is 5.93. The predicted molar refractivity (Wildman–Crippen MR) is 104 cm³/mol. The second-order valence-electron chi connectivity index (χ2n) is 6.82. The first kappa shape index (κ1) is 19.5. The van der Waals surface area contributed by atoms with Crippen molar-refractivity contribution in [3.8, 4) is 0 Å². The van der Waals surface area contributed by atoms with Crippen molar-refractivity contribution in [1.82, 2.24) is 20.5 Å². The lowest BCUT2D eigenvalue weighted by Gasteiger charge is -2.25. The molecule has 0 bridgehead atoms. The number of nitrogens with one attached hydrogen (secondary N) is 2. The molecule has 0 aliphatic carbocycles. The first-order valence-electron chi connectivity index (χ1n) is 9.36. The lowest BCUT2D eigenvalue weighted by molar-refractivity contribution is -0.130. The van der Waals surface area contributed by atoms with Crippen LogP contribution in [0.2, 0.25) is 0 Å². The molecule has 1 aliphatic rings. The fourth-order valence-corrected chi connectivity index (χ4v) is 3.30. The lowest BCUT2D eigenvalue weighted by Crippen LogP contribution is -2.38. The van der Waals surface area contributed by atoms with E-state index in [2.05, 4.69) is 15.6 Å². The average molecular weight is 380 g/mol. The summed E-state index contributed by atoms with van der Waals surface area (Å²) < 4.78 is 0.